The van der Waals surface area contributed by atoms with Crippen molar-refractivity contribution in [1.29, 1.82) is 0 Å². The van der Waals surface area contributed by atoms with Crippen LogP contribution in [0.3, 0.4) is 0 Å². The van der Waals surface area contributed by atoms with Crippen molar-refractivity contribution < 1.29 is 4.74 Å². The number of ether oxygens (including phenoxy) is 1. The van der Waals surface area contributed by atoms with Crippen molar-refractivity contribution in [2.75, 3.05) is 39.4 Å². The highest BCUT2D eigenvalue weighted by Crippen LogP contribution is 2.25. The molecule has 0 aliphatic carbocycles. The maximum atomic E-state index is 5.54. The fourth-order valence-electron chi connectivity index (χ4n) is 3.17. The van der Waals surface area contributed by atoms with E-state index in [-0.39, 0.29) is 24.0 Å². The molecule has 1 saturated heterocycles. The molecule has 1 fully saturated rings. The smallest absolute Gasteiger partial charge is 0.191 e. The quantitative estimate of drug-likeness (QED) is 0.304. The summed E-state index contributed by atoms with van der Waals surface area (Å²) in [6.07, 6.45) is 1.09. The number of aliphatic imine (C=N–C) groups is 1. The van der Waals surface area contributed by atoms with Crippen molar-refractivity contribution in [3.05, 3.63) is 44.3 Å². The Kier molecular flexibility index (Phi) is 10.8. The molecule has 0 spiro atoms. The molecule has 3 heterocycles. The molecule has 0 aromatic carbocycles. The molecule has 0 saturated carbocycles. The summed E-state index contributed by atoms with van der Waals surface area (Å²) in [5, 5.41) is 9.10. The Balaban J connectivity index is 0.00000280. The van der Waals surface area contributed by atoms with Crippen LogP contribution in [0.4, 0.5) is 0 Å². The molecule has 0 bridgehead atoms. The van der Waals surface area contributed by atoms with Gasteiger partial charge in [-0.25, -0.2) is 4.99 Å². The molecule has 0 amide bonds. The molecule has 2 N–H and O–H groups in total. The summed E-state index contributed by atoms with van der Waals surface area (Å²) < 4.78 is 5.54. The van der Waals surface area contributed by atoms with Crippen molar-refractivity contribution in [3.63, 3.8) is 0 Å². The largest absolute Gasteiger partial charge is 0.379 e. The van der Waals surface area contributed by atoms with Gasteiger partial charge in [-0.15, -0.1) is 46.7 Å². The molecule has 1 atom stereocenters. The molecule has 2 aromatic rings. The van der Waals surface area contributed by atoms with Crippen LogP contribution in [-0.2, 0) is 17.7 Å². The summed E-state index contributed by atoms with van der Waals surface area (Å²) in [7, 11) is 0. The molecule has 2 aromatic heterocycles. The summed E-state index contributed by atoms with van der Waals surface area (Å²) in [5.41, 5.74) is 0. The van der Waals surface area contributed by atoms with Gasteiger partial charge in [-0.1, -0.05) is 13.0 Å². The van der Waals surface area contributed by atoms with Crippen molar-refractivity contribution in [1.82, 2.24) is 15.5 Å². The molecule has 1 aliphatic heterocycles. The molecule has 5 nitrogen and oxygen atoms in total. The third-order valence-corrected chi connectivity index (χ3v) is 6.81. The first-order valence-corrected chi connectivity index (χ1v) is 11.4. The van der Waals surface area contributed by atoms with Crippen molar-refractivity contribution in [2.24, 2.45) is 4.99 Å². The summed E-state index contributed by atoms with van der Waals surface area (Å²) in [6.45, 7) is 10.3. The van der Waals surface area contributed by atoms with Crippen LogP contribution in [0.2, 0.25) is 0 Å². The Morgan fingerprint density at radius 2 is 1.96 bits per heavy atom. The van der Waals surface area contributed by atoms with E-state index in [0.717, 1.165) is 58.3 Å². The van der Waals surface area contributed by atoms with Gasteiger partial charge in [0.05, 0.1) is 25.8 Å². The van der Waals surface area contributed by atoms with Crippen LogP contribution in [0.15, 0.2) is 34.6 Å². The highest BCUT2D eigenvalue weighted by molar-refractivity contribution is 14.0. The Hall–Kier alpha value is -0.680. The van der Waals surface area contributed by atoms with Gasteiger partial charge in [0, 0.05) is 40.8 Å². The molecular weight excluding hydrogens is 503 g/mol. The molecule has 1 aliphatic rings. The minimum absolute atomic E-state index is 0. The summed E-state index contributed by atoms with van der Waals surface area (Å²) in [6, 6.07) is 9.12. The predicted octanol–water partition coefficient (Wildman–Crippen LogP) is 4.12. The maximum absolute atomic E-state index is 5.54. The zero-order chi connectivity index (χ0) is 18.9. The van der Waals surface area contributed by atoms with Crippen molar-refractivity contribution in [2.45, 2.75) is 32.9 Å². The van der Waals surface area contributed by atoms with Crippen LogP contribution in [0, 0.1) is 0 Å². The fourth-order valence-corrected chi connectivity index (χ4v) is 4.91. The fraction of sp³-hybridized carbons (Fsp3) is 0.550. The Bertz CT molecular complexity index is 699. The third kappa shape index (κ3) is 6.98. The lowest BCUT2D eigenvalue weighted by molar-refractivity contribution is 0.0177. The number of halogens is 1. The van der Waals surface area contributed by atoms with Crippen LogP contribution < -0.4 is 10.6 Å². The number of guanidine groups is 1. The normalized spacial score (nSPS) is 16.4. The van der Waals surface area contributed by atoms with Crippen LogP contribution in [0.5, 0.6) is 0 Å². The molecule has 0 radical (unpaired) electrons. The minimum atomic E-state index is 0. The highest BCUT2D eigenvalue weighted by Gasteiger charge is 2.23. The number of rotatable bonds is 8. The number of nitrogens with one attached hydrogen (secondary N) is 2. The van der Waals surface area contributed by atoms with Gasteiger partial charge in [0.15, 0.2) is 5.96 Å². The predicted molar refractivity (Wildman–Crippen MR) is 131 cm³/mol. The standard InChI is InChI=1S/C20H30N4OS2.HI/c1-3-16-7-8-17(27-16)14-22-20(21-4-2)23-15-18(19-6-5-13-26-19)24-9-11-25-12-10-24;/h5-8,13,18H,3-4,9-12,14-15H2,1-2H3,(H2,21,22,23);1H. The van der Waals surface area contributed by atoms with Gasteiger partial charge in [-0.2, -0.15) is 0 Å². The Morgan fingerprint density at radius 1 is 1.18 bits per heavy atom. The number of aryl methyl sites for hydroxylation is 1. The number of thiophene rings is 2. The number of morpholine rings is 1. The average Bonchev–Trinajstić information content (AvgIpc) is 3.39. The van der Waals surface area contributed by atoms with E-state index in [9.17, 15) is 0 Å². The van der Waals surface area contributed by atoms with Crippen LogP contribution in [-0.4, -0.2) is 50.3 Å². The van der Waals surface area contributed by atoms with E-state index < -0.39 is 0 Å². The van der Waals surface area contributed by atoms with Crippen LogP contribution in [0.1, 0.15) is 34.5 Å². The maximum Gasteiger partial charge on any atom is 0.191 e. The second-order valence-corrected chi connectivity index (χ2v) is 8.71. The lowest BCUT2D eigenvalue weighted by Gasteiger charge is -2.34. The molecule has 28 heavy (non-hydrogen) atoms. The highest BCUT2D eigenvalue weighted by atomic mass is 127. The van der Waals surface area contributed by atoms with E-state index in [4.69, 9.17) is 9.73 Å². The van der Waals surface area contributed by atoms with Crippen LogP contribution >= 0.6 is 46.7 Å². The van der Waals surface area contributed by atoms with E-state index in [1.165, 1.54) is 14.6 Å². The molecule has 1 unspecified atom stereocenters. The second-order valence-electron chi connectivity index (χ2n) is 6.48. The Morgan fingerprint density at radius 3 is 2.61 bits per heavy atom. The second kappa shape index (κ2) is 12.8. The minimum Gasteiger partial charge on any atom is -0.379 e. The van der Waals surface area contributed by atoms with Gasteiger partial charge < -0.3 is 15.4 Å². The number of hydrogen-bond donors (Lipinski definition) is 2. The monoisotopic (exact) mass is 534 g/mol. The first kappa shape index (κ1) is 23.6. The molecule has 156 valence electrons. The third-order valence-electron chi connectivity index (χ3n) is 4.62. The first-order chi connectivity index (χ1) is 13.3. The van der Waals surface area contributed by atoms with Gasteiger partial charge in [0.2, 0.25) is 0 Å². The van der Waals surface area contributed by atoms with Crippen LogP contribution in [0.25, 0.3) is 0 Å². The number of nitrogens with zero attached hydrogens (tertiary/aromatic N) is 2. The SMILES string of the molecule is CCNC(=NCc1ccc(CC)s1)NCC(c1cccs1)N1CCOCC1.I. The zero-order valence-electron chi connectivity index (χ0n) is 16.6. The van der Waals surface area contributed by atoms with Gasteiger partial charge in [-0.05, 0) is 36.9 Å². The van der Waals surface area contributed by atoms with Gasteiger partial charge >= 0.3 is 0 Å². The van der Waals surface area contributed by atoms with Gasteiger partial charge in [-0.3, -0.25) is 4.90 Å². The van der Waals surface area contributed by atoms with E-state index in [0.29, 0.717) is 6.04 Å². The summed E-state index contributed by atoms with van der Waals surface area (Å²) in [4.78, 5) is 11.4. The first-order valence-electron chi connectivity index (χ1n) is 9.75. The van der Waals surface area contributed by atoms with Gasteiger partial charge in [0.1, 0.15) is 0 Å². The lowest BCUT2D eigenvalue weighted by Crippen LogP contribution is -2.46. The van der Waals surface area contributed by atoms with Gasteiger partial charge in [0.25, 0.3) is 0 Å². The van der Waals surface area contributed by atoms with E-state index in [2.05, 4.69) is 59.0 Å². The summed E-state index contributed by atoms with van der Waals surface area (Å²) >= 11 is 3.68. The van der Waals surface area contributed by atoms with Crippen molar-refractivity contribution >= 4 is 52.6 Å². The zero-order valence-corrected chi connectivity index (χ0v) is 20.6. The molecule has 8 heteroatoms. The topological polar surface area (TPSA) is 48.9 Å². The molecular formula is C20H31IN4OS2. The van der Waals surface area contributed by atoms with E-state index >= 15 is 0 Å². The van der Waals surface area contributed by atoms with E-state index in [1.54, 1.807) is 0 Å². The Labute approximate surface area is 193 Å². The number of hydrogen-bond acceptors (Lipinski definition) is 5. The summed E-state index contributed by atoms with van der Waals surface area (Å²) in [5.74, 6) is 0.888. The van der Waals surface area contributed by atoms with E-state index in [1.807, 2.05) is 22.7 Å². The molecule has 3 rings (SSSR count). The lowest BCUT2D eigenvalue weighted by atomic mass is 10.2. The average molecular weight is 535 g/mol. The van der Waals surface area contributed by atoms with Crippen molar-refractivity contribution in [3.8, 4) is 0 Å².